The van der Waals surface area contributed by atoms with E-state index in [1.54, 1.807) is 0 Å². The highest BCUT2D eigenvalue weighted by molar-refractivity contribution is 6.33. The van der Waals surface area contributed by atoms with Gasteiger partial charge in [-0.15, -0.1) is 0 Å². The number of morpholine rings is 1. The number of hydrogen-bond donors (Lipinski definition) is 1. The van der Waals surface area contributed by atoms with Crippen LogP contribution in [0.2, 0.25) is 5.02 Å². The fourth-order valence-corrected chi connectivity index (χ4v) is 2.38. The summed E-state index contributed by atoms with van der Waals surface area (Å²) in [4.78, 5) is 2.33. The standard InChI is InChI=1S/C13H19ClN2O/c1-3-10-8-16(4-5-17-10)13-7-11(14)12(15)6-9(13)2/h6-7,10H,3-5,8,15H2,1-2H3. The third-order valence-electron chi connectivity index (χ3n) is 3.25. The minimum Gasteiger partial charge on any atom is -0.398 e. The molecule has 3 nitrogen and oxygen atoms in total. The van der Waals surface area contributed by atoms with Crippen LogP contribution in [-0.2, 0) is 4.74 Å². The van der Waals surface area contributed by atoms with E-state index in [2.05, 4.69) is 18.7 Å². The van der Waals surface area contributed by atoms with Crippen molar-refractivity contribution in [3.05, 3.63) is 22.7 Å². The van der Waals surface area contributed by atoms with Gasteiger partial charge in [-0.05, 0) is 31.0 Å². The summed E-state index contributed by atoms with van der Waals surface area (Å²) in [6.07, 6.45) is 1.36. The van der Waals surface area contributed by atoms with Crippen molar-refractivity contribution < 1.29 is 4.74 Å². The molecule has 1 aliphatic rings. The van der Waals surface area contributed by atoms with Gasteiger partial charge < -0.3 is 15.4 Å². The molecule has 0 amide bonds. The largest absolute Gasteiger partial charge is 0.398 e. The number of aryl methyl sites for hydroxylation is 1. The molecule has 0 aliphatic carbocycles. The lowest BCUT2D eigenvalue weighted by molar-refractivity contribution is 0.0384. The Labute approximate surface area is 107 Å². The summed E-state index contributed by atoms with van der Waals surface area (Å²) in [5, 5.41) is 0.630. The zero-order valence-corrected chi connectivity index (χ0v) is 11.1. The fraction of sp³-hybridized carbons (Fsp3) is 0.538. The van der Waals surface area contributed by atoms with Gasteiger partial charge in [0, 0.05) is 18.8 Å². The molecular formula is C13H19ClN2O. The van der Waals surface area contributed by atoms with E-state index in [4.69, 9.17) is 22.1 Å². The SMILES string of the molecule is CCC1CN(c2cc(Cl)c(N)cc2C)CCO1. The van der Waals surface area contributed by atoms with Gasteiger partial charge in [0.05, 0.1) is 23.4 Å². The van der Waals surface area contributed by atoms with Gasteiger partial charge in [0.2, 0.25) is 0 Å². The van der Waals surface area contributed by atoms with E-state index in [1.807, 2.05) is 12.1 Å². The molecule has 1 saturated heterocycles. The van der Waals surface area contributed by atoms with Crippen molar-refractivity contribution in [1.29, 1.82) is 0 Å². The number of nitrogens with zero attached hydrogens (tertiary/aromatic N) is 1. The molecule has 1 fully saturated rings. The number of nitrogen functional groups attached to an aromatic ring is 1. The van der Waals surface area contributed by atoms with Crippen molar-refractivity contribution in [1.82, 2.24) is 0 Å². The molecule has 94 valence electrons. The Kier molecular flexibility index (Phi) is 3.79. The lowest BCUT2D eigenvalue weighted by Gasteiger charge is -2.35. The number of nitrogens with two attached hydrogens (primary N) is 1. The minimum atomic E-state index is 0.319. The van der Waals surface area contributed by atoms with E-state index in [0.29, 0.717) is 16.8 Å². The van der Waals surface area contributed by atoms with Gasteiger partial charge in [-0.3, -0.25) is 0 Å². The van der Waals surface area contributed by atoms with Crippen LogP contribution in [0.4, 0.5) is 11.4 Å². The Morgan fingerprint density at radius 1 is 1.53 bits per heavy atom. The van der Waals surface area contributed by atoms with Gasteiger partial charge >= 0.3 is 0 Å². The van der Waals surface area contributed by atoms with E-state index in [9.17, 15) is 0 Å². The first-order valence-electron chi connectivity index (χ1n) is 6.04. The molecule has 2 rings (SSSR count). The van der Waals surface area contributed by atoms with Gasteiger partial charge in [0.15, 0.2) is 0 Å². The lowest BCUT2D eigenvalue weighted by Crippen LogP contribution is -2.42. The molecule has 0 aromatic heterocycles. The van der Waals surface area contributed by atoms with Crippen LogP contribution in [0.5, 0.6) is 0 Å². The topological polar surface area (TPSA) is 38.5 Å². The highest BCUT2D eigenvalue weighted by atomic mass is 35.5. The second-order valence-electron chi connectivity index (χ2n) is 4.51. The quantitative estimate of drug-likeness (QED) is 0.825. The van der Waals surface area contributed by atoms with Crippen LogP contribution < -0.4 is 10.6 Å². The second kappa shape index (κ2) is 5.15. The maximum absolute atomic E-state index is 6.09. The van der Waals surface area contributed by atoms with E-state index >= 15 is 0 Å². The smallest absolute Gasteiger partial charge is 0.0748 e. The molecule has 2 N–H and O–H groups in total. The zero-order valence-electron chi connectivity index (χ0n) is 10.4. The second-order valence-corrected chi connectivity index (χ2v) is 4.91. The van der Waals surface area contributed by atoms with Crippen molar-refractivity contribution in [2.45, 2.75) is 26.4 Å². The summed E-state index contributed by atoms with van der Waals surface area (Å²) >= 11 is 6.09. The molecule has 0 bridgehead atoms. The predicted molar refractivity (Wildman–Crippen MR) is 72.8 cm³/mol. The van der Waals surface area contributed by atoms with Crippen LogP contribution in [0.3, 0.4) is 0 Å². The van der Waals surface area contributed by atoms with Crippen molar-refractivity contribution in [3.63, 3.8) is 0 Å². The number of rotatable bonds is 2. The Hall–Kier alpha value is -0.930. The monoisotopic (exact) mass is 254 g/mol. The molecule has 1 atom stereocenters. The molecule has 1 heterocycles. The maximum Gasteiger partial charge on any atom is 0.0748 e. The zero-order chi connectivity index (χ0) is 12.4. The van der Waals surface area contributed by atoms with E-state index in [-0.39, 0.29) is 0 Å². The molecular weight excluding hydrogens is 236 g/mol. The van der Waals surface area contributed by atoms with E-state index < -0.39 is 0 Å². The van der Waals surface area contributed by atoms with Gasteiger partial charge in [-0.25, -0.2) is 0 Å². The molecule has 1 aromatic rings. The third kappa shape index (κ3) is 2.67. The van der Waals surface area contributed by atoms with Crippen LogP contribution in [0.25, 0.3) is 0 Å². The van der Waals surface area contributed by atoms with Crippen molar-refractivity contribution in [2.24, 2.45) is 0 Å². The molecule has 1 unspecified atom stereocenters. The molecule has 0 saturated carbocycles. The summed E-state index contributed by atoms with van der Waals surface area (Å²) in [5.74, 6) is 0. The summed E-state index contributed by atoms with van der Waals surface area (Å²) in [6.45, 7) is 6.84. The van der Waals surface area contributed by atoms with Crippen LogP contribution in [0.15, 0.2) is 12.1 Å². The molecule has 1 aliphatic heterocycles. The molecule has 4 heteroatoms. The normalized spacial score (nSPS) is 20.6. The van der Waals surface area contributed by atoms with Crippen molar-refractivity contribution in [3.8, 4) is 0 Å². The molecule has 0 radical (unpaired) electrons. The average molecular weight is 255 g/mol. The first-order chi connectivity index (χ1) is 8.11. The Morgan fingerprint density at radius 3 is 3.00 bits per heavy atom. The Morgan fingerprint density at radius 2 is 2.29 bits per heavy atom. The minimum absolute atomic E-state index is 0.319. The summed E-state index contributed by atoms with van der Waals surface area (Å²) in [5.41, 5.74) is 8.79. The molecule has 17 heavy (non-hydrogen) atoms. The van der Waals surface area contributed by atoms with E-state index in [1.165, 1.54) is 11.3 Å². The van der Waals surface area contributed by atoms with E-state index in [0.717, 1.165) is 26.1 Å². The number of halogens is 1. The molecule has 1 aromatic carbocycles. The number of hydrogen-bond acceptors (Lipinski definition) is 3. The van der Waals surface area contributed by atoms with Gasteiger partial charge in [-0.2, -0.15) is 0 Å². The van der Waals surface area contributed by atoms with Crippen LogP contribution in [0.1, 0.15) is 18.9 Å². The summed E-state index contributed by atoms with van der Waals surface area (Å²) in [6, 6.07) is 3.90. The van der Waals surface area contributed by atoms with Gasteiger partial charge in [0.1, 0.15) is 0 Å². The molecule has 0 spiro atoms. The highest BCUT2D eigenvalue weighted by Gasteiger charge is 2.20. The fourth-order valence-electron chi connectivity index (χ4n) is 2.22. The average Bonchev–Trinajstić information content (AvgIpc) is 2.34. The highest BCUT2D eigenvalue weighted by Crippen LogP contribution is 2.30. The van der Waals surface area contributed by atoms with Gasteiger partial charge in [-0.1, -0.05) is 18.5 Å². The van der Waals surface area contributed by atoms with Crippen LogP contribution >= 0.6 is 11.6 Å². The lowest BCUT2D eigenvalue weighted by atomic mass is 10.1. The predicted octanol–water partition coefficient (Wildman–Crippen LogP) is 2.85. The van der Waals surface area contributed by atoms with Crippen molar-refractivity contribution in [2.75, 3.05) is 30.3 Å². The third-order valence-corrected chi connectivity index (χ3v) is 3.58. The Bertz CT molecular complexity index is 409. The number of anilines is 2. The number of ether oxygens (including phenoxy) is 1. The maximum atomic E-state index is 6.09. The Balaban J connectivity index is 2.24. The van der Waals surface area contributed by atoms with Crippen molar-refractivity contribution >= 4 is 23.0 Å². The van der Waals surface area contributed by atoms with Crippen LogP contribution in [0, 0.1) is 6.92 Å². The summed E-state index contributed by atoms with van der Waals surface area (Å²) < 4.78 is 5.67. The first kappa shape index (κ1) is 12.5. The summed E-state index contributed by atoms with van der Waals surface area (Å²) in [7, 11) is 0. The van der Waals surface area contributed by atoms with Gasteiger partial charge in [0.25, 0.3) is 0 Å². The first-order valence-corrected chi connectivity index (χ1v) is 6.41. The number of benzene rings is 1. The van der Waals surface area contributed by atoms with Crippen LogP contribution in [-0.4, -0.2) is 25.8 Å².